The summed E-state index contributed by atoms with van der Waals surface area (Å²) in [6.45, 7) is 1.87. The Balaban J connectivity index is 1.69. The Morgan fingerprint density at radius 1 is 1.08 bits per heavy atom. The predicted molar refractivity (Wildman–Crippen MR) is 85.0 cm³/mol. The zero-order valence-corrected chi connectivity index (χ0v) is 13.3. The van der Waals surface area contributed by atoms with E-state index in [1.165, 1.54) is 7.11 Å². The highest BCUT2D eigenvalue weighted by molar-refractivity contribution is 6.08. The summed E-state index contributed by atoms with van der Waals surface area (Å²) in [6.07, 6.45) is 0. The summed E-state index contributed by atoms with van der Waals surface area (Å²) in [6, 6.07) is 14.2. The topological polar surface area (TPSA) is 61.8 Å². The lowest BCUT2D eigenvalue weighted by Crippen LogP contribution is -2.38. The van der Waals surface area contributed by atoms with E-state index in [0.717, 1.165) is 5.56 Å². The van der Waals surface area contributed by atoms with Crippen molar-refractivity contribution in [1.29, 1.82) is 0 Å². The van der Waals surface area contributed by atoms with Crippen molar-refractivity contribution >= 4 is 11.9 Å². The molecule has 1 saturated carbocycles. The fraction of sp³-hybridized carbons (Fsp3) is 0.263. The van der Waals surface area contributed by atoms with Crippen molar-refractivity contribution in [1.82, 2.24) is 0 Å². The molecule has 2 aromatic rings. The Morgan fingerprint density at radius 2 is 1.75 bits per heavy atom. The van der Waals surface area contributed by atoms with E-state index >= 15 is 0 Å². The minimum absolute atomic E-state index is 0.171. The molecule has 0 amide bonds. The van der Waals surface area contributed by atoms with Gasteiger partial charge in [0.1, 0.15) is 5.75 Å². The maximum atomic E-state index is 12.9. The lowest BCUT2D eigenvalue weighted by Gasteiger charge is -2.22. The molecule has 0 saturated heterocycles. The van der Waals surface area contributed by atoms with Gasteiger partial charge in [0.2, 0.25) is 0 Å². The van der Waals surface area contributed by atoms with Crippen LogP contribution in [-0.4, -0.2) is 19.0 Å². The number of hydrogen-bond donors (Lipinski definition) is 0. The van der Waals surface area contributed by atoms with Gasteiger partial charge in [-0.1, -0.05) is 37.3 Å². The molecule has 0 radical (unpaired) electrons. The Kier molecular flexibility index (Phi) is 3.13. The van der Waals surface area contributed by atoms with Crippen LogP contribution in [0, 0.1) is 11.3 Å². The zero-order valence-electron chi connectivity index (χ0n) is 13.3. The molecule has 2 aliphatic rings. The number of ether oxygens (including phenoxy) is 3. The van der Waals surface area contributed by atoms with Crippen molar-refractivity contribution in [3.05, 3.63) is 54.1 Å². The molecule has 0 aromatic heterocycles. The van der Waals surface area contributed by atoms with Crippen LogP contribution in [0.5, 0.6) is 17.2 Å². The monoisotopic (exact) mass is 324 g/mol. The lowest BCUT2D eigenvalue weighted by molar-refractivity contribution is -0.155. The van der Waals surface area contributed by atoms with Crippen LogP contribution >= 0.6 is 0 Å². The molecule has 3 unspecified atom stereocenters. The van der Waals surface area contributed by atoms with Gasteiger partial charge in [-0.05, 0) is 24.1 Å². The van der Waals surface area contributed by atoms with Gasteiger partial charge in [-0.2, -0.15) is 0 Å². The van der Waals surface area contributed by atoms with Gasteiger partial charge in [0, 0.05) is 11.5 Å². The number of fused-ring (bicyclic) bond motifs is 3. The summed E-state index contributed by atoms with van der Waals surface area (Å²) >= 11 is 0. The second-order valence-electron chi connectivity index (χ2n) is 6.10. The van der Waals surface area contributed by atoms with Gasteiger partial charge in [0.05, 0.1) is 7.11 Å². The summed E-state index contributed by atoms with van der Waals surface area (Å²) in [7, 11) is 1.50. The molecule has 5 heteroatoms. The summed E-state index contributed by atoms with van der Waals surface area (Å²) in [5.41, 5.74) is -0.392. The second-order valence-corrected chi connectivity index (χ2v) is 6.10. The first-order valence-electron chi connectivity index (χ1n) is 7.77. The largest absolute Gasteiger partial charge is 0.493 e. The quantitative estimate of drug-likeness (QED) is 0.493. The van der Waals surface area contributed by atoms with Gasteiger partial charge in [-0.15, -0.1) is 0 Å². The van der Waals surface area contributed by atoms with E-state index in [2.05, 4.69) is 0 Å². The second kappa shape index (κ2) is 5.09. The summed E-state index contributed by atoms with van der Waals surface area (Å²) in [5, 5.41) is 0. The van der Waals surface area contributed by atoms with Gasteiger partial charge in [0.15, 0.2) is 16.9 Å². The molecule has 1 fully saturated rings. The van der Waals surface area contributed by atoms with Crippen LogP contribution in [0.1, 0.15) is 18.4 Å². The highest BCUT2D eigenvalue weighted by Gasteiger charge is 2.77. The fourth-order valence-electron chi connectivity index (χ4n) is 3.69. The molecule has 1 heterocycles. The van der Waals surface area contributed by atoms with E-state index in [1.54, 1.807) is 36.4 Å². The minimum atomic E-state index is -1.27. The average molecular weight is 324 g/mol. The standard InChI is InChI=1S/C19H16O5/c1-11-16-12-7-3-4-8-13(12)23-17(20)19(11,16)18(21)24-15-10-6-5-9-14(15)22-2/h3-11,16H,1-2H3. The van der Waals surface area contributed by atoms with E-state index in [0.29, 0.717) is 17.2 Å². The lowest BCUT2D eigenvalue weighted by atomic mass is 9.95. The number of carbonyl (C=O) groups excluding carboxylic acids is 2. The van der Waals surface area contributed by atoms with E-state index in [1.807, 2.05) is 19.1 Å². The normalized spacial score (nSPS) is 26.7. The molecule has 1 aliphatic heterocycles. The summed E-state index contributed by atoms with van der Waals surface area (Å²) in [5.74, 6) is -0.256. The van der Waals surface area contributed by atoms with Crippen molar-refractivity contribution in [3.8, 4) is 17.2 Å². The molecule has 1 aliphatic carbocycles. The van der Waals surface area contributed by atoms with Crippen LogP contribution in [0.25, 0.3) is 0 Å². The van der Waals surface area contributed by atoms with E-state index < -0.39 is 17.4 Å². The molecule has 3 atom stereocenters. The molecular weight excluding hydrogens is 308 g/mol. The van der Waals surface area contributed by atoms with Gasteiger partial charge < -0.3 is 14.2 Å². The van der Waals surface area contributed by atoms with Crippen LogP contribution in [0.2, 0.25) is 0 Å². The predicted octanol–water partition coefficient (Wildman–Crippen LogP) is 2.94. The molecule has 0 spiro atoms. The number of benzene rings is 2. The van der Waals surface area contributed by atoms with Crippen LogP contribution in [0.15, 0.2) is 48.5 Å². The first kappa shape index (κ1) is 14.8. The molecule has 5 nitrogen and oxygen atoms in total. The third-order valence-electron chi connectivity index (χ3n) is 5.00. The third-order valence-corrected chi connectivity index (χ3v) is 5.00. The molecule has 24 heavy (non-hydrogen) atoms. The average Bonchev–Trinajstić information content (AvgIpc) is 3.23. The Morgan fingerprint density at radius 3 is 2.50 bits per heavy atom. The van der Waals surface area contributed by atoms with Gasteiger partial charge >= 0.3 is 11.9 Å². The summed E-state index contributed by atoms with van der Waals surface area (Å²) in [4.78, 5) is 25.4. The van der Waals surface area contributed by atoms with Crippen molar-refractivity contribution in [3.63, 3.8) is 0 Å². The van der Waals surface area contributed by atoms with Gasteiger partial charge in [-0.25, -0.2) is 0 Å². The molecule has 2 aromatic carbocycles. The van der Waals surface area contributed by atoms with Crippen LogP contribution in [-0.2, 0) is 9.59 Å². The van der Waals surface area contributed by atoms with Crippen LogP contribution < -0.4 is 14.2 Å². The van der Waals surface area contributed by atoms with Crippen LogP contribution in [0.3, 0.4) is 0 Å². The van der Waals surface area contributed by atoms with E-state index in [4.69, 9.17) is 14.2 Å². The highest BCUT2D eigenvalue weighted by Crippen LogP contribution is 2.69. The maximum Gasteiger partial charge on any atom is 0.329 e. The van der Waals surface area contributed by atoms with E-state index in [-0.39, 0.29) is 11.8 Å². The van der Waals surface area contributed by atoms with Crippen LogP contribution in [0.4, 0.5) is 0 Å². The number of para-hydroxylation sites is 3. The Hall–Kier alpha value is -2.82. The summed E-state index contributed by atoms with van der Waals surface area (Å²) < 4.78 is 16.1. The van der Waals surface area contributed by atoms with E-state index in [9.17, 15) is 9.59 Å². The molecule has 0 N–H and O–H groups in total. The Labute approximate surface area is 139 Å². The van der Waals surface area contributed by atoms with Gasteiger partial charge in [-0.3, -0.25) is 9.59 Å². The SMILES string of the molecule is COc1ccccc1OC(=O)C12C(=O)Oc3ccccc3C1C2C. The number of carbonyl (C=O) groups is 2. The van der Waals surface area contributed by atoms with Crippen molar-refractivity contribution in [2.45, 2.75) is 12.8 Å². The Bertz CT molecular complexity index is 843. The zero-order chi connectivity index (χ0) is 16.9. The van der Waals surface area contributed by atoms with Crippen molar-refractivity contribution < 1.29 is 23.8 Å². The number of esters is 2. The first-order valence-corrected chi connectivity index (χ1v) is 7.77. The number of hydrogen-bond acceptors (Lipinski definition) is 5. The number of rotatable bonds is 3. The molecule has 0 bridgehead atoms. The first-order chi connectivity index (χ1) is 11.6. The highest BCUT2D eigenvalue weighted by atomic mass is 16.6. The fourth-order valence-corrected chi connectivity index (χ4v) is 3.69. The molecule has 4 rings (SSSR count). The molecule has 122 valence electrons. The third kappa shape index (κ3) is 1.81. The maximum absolute atomic E-state index is 12.9. The van der Waals surface area contributed by atoms with Crippen molar-refractivity contribution in [2.24, 2.45) is 11.3 Å². The molecular formula is C19H16O5. The number of methoxy groups -OCH3 is 1. The van der Waals surface area contributed by atoms with Crippen molar-refractivity contribution in [2.75, 3.05) is 7.11 Å². The minimum Gasteiger partial charge on any atom is -0.493 e. The van der Waals surface area contributed by atoms with Gasteiger partial charge in [0.25, 0.3) is 0 Å². The smallest absolute Gasteiger partial charge is 0.329 e.